The lowest BCUT2D eigenvalue weighted by Crippen LogP contribution is -2.30. The summed E-state index contributed by atoms with van der Waals surface area (Å²) in [5, 5.41) is 0. The molecule has 0 amide bonds. The van der Waals surface area contributed by atoms with Crippen LogP contribution in [0.15, 0.2) is 83.9 Å². The highest BCUT2D eigenvalue weighted by molar-refractivity contribution is 7.92. The molecule has 0 saturated carbocycles. The lowest BCUT2D eigenvalue weighted by Gasteiger charge is -2.29. The first-order valence-electron chi connectivity index (χ1n) is 8.80. The van der Waals surface area contributed by atoms with Crippen molar-refractivity contribution in [2.45, 2.75) is 31.3 Å². The first-order chi connectivity index (χ1) is 13.0. The fourth-order valence-corrected chi connectivity index (χ4v) is 3.79. The number of nitrogens with one attached hydrogen (secondary N) is 1. The van der Waals surface area contributed by atoms with E-state index < -0.39 is 10.0 Å². The molecule has 0 fully saturated rings. The van der Waals surface area contributed by atoms with Gasteiger partial charge in [0.1, 0.15) is 5.82 Å². The normalized spacial score (nSPS) is 11.4. The maximum Gasteiger partial charge on any atom is 0.263 e. The van der Waals surface area contributed by atoms with Crippen molar-refractivity contribution in [3.8, 4) is 0 Å². The maximum atomic E-state index is 12.4. The number of nitrogens with zero attached hydrogens (tertiary/aromatic N) is 2. The minimum atomic E-state index is -3.64. The molecule has 0 unspecified atom stereocenters. The number of anilines is 2. The molecule has 3 rings (SSSR count). The van der Waals surface area contributed by atoms with Crippen molar-refractivity contribution in [3.63, 3.8) is 0 Å². The summed E-state index contributed by atoms with van der Waals surface area (Å²) in [5.41, 5.74) is 2.15. The molecule has 0 radical (unpaired) electrons. The van der Waals surface area contributed by atoms with Crippen LogP contribution < -0.4 is 9.62 Å². The molecule has 3 aromatic rings. The lowest BCUT2D eigenvalue weighted by molar-refractivity contribution is 0.601. The lowest BCUT2D eigenvalue weighted by atomic mass is 10.1. The van der Waals surface area contributed by atoms with Crippen LogP contribution in [0.25, 0.3) is 0 Å². The molecule has 0 atom stereocenters. The summed E-state index contributed by atoms with van der Waals surface area (Å²) in [7, 11) is -3.64. The highest BCUT2D eigenvalue weighted by Crippen LogP contribution is 2.22. The third-order valence-electron chi connectivity index (χ3n) is 4.19. The molecule has 0 spiro atoms. The Labute approximate surface area is 160 Å². The predicted octanol–water partition coefficient (Wildman–Crippen LogP) is 4.30. The van der Waals surface area contributed by atoms with Crippen LogP contribution in [0.3, 0.4) is 0 Å². The standard InChI is InChI=1S/C21H23N3O2S/c1-17(2)24(16-18-9-5-3-6-10-18)19-13-14-21(22-15-19)23-27(25,26)20-11-7-4-8-12-20/h3-15,17H,16H2,1-2H3,(H,22,23). The summed E-state index contributed by atoms with van der Waals surface area (Å²) in [4.78, 5) is 6.73. The average Bonchev–Trinajstić information content (AvgIpc) is 2.68. The van der Waals surface area contributed by atoms with Gasteiger partial charge in [-0.25, -0.2) is 13.4 Å². The van der Waals surface area contributed by atoms with Crippen molar-refractivity contribution in [1.82, 2.24) is 4.98 Å². The maximum absolute atomic E-state index is 12.4. The summed E-state index contributed by atoms with van der Waals surface area (Å²) >= 11 is 0. The molecule has 0 bridgehead atoms. The van der Waals surface area contributed by atoms with Gasteiger partial charge >= 0.3 is 0 Å². The van der Waals surface area contributed by atoms with Crippen molar-refractivity contribution in [1.29, 1.82) is 0 Å². The van der Waals surface area contributed by atoms with E-state index in [9.17, 15) is 8.42 Å². The highest BCUT2D eigenvalue weighted by atomic mass is 32.2. The van der Waals surface area contributed by atoms with Gasteiger partial charge in [0.15, 0.2) is 0 Å². The molecule has 1 aromatic heterocycles. The second kappa shape index (κ2) is 8.22. The van der Waals surface area contributed by atoms with Crippen molar-refractivity contribution >= 4 is 21.5 Å². The largest absolute Gasteiger partial charge is 0.364 e. The summed E-state index contributed by atoms with van der Waals surface area (Å²) < 4.78 is 27.3. The summed E-state index contributed by atoms with van der Waals surface area (Å²) in [6, 6.07) is 22.3. The van der Waals surface area contributed by atoms with E-state index in [1.165, 1.54) is 5.56 Å². The molecule has 140 valence electrons. The van der Waals surface area contributed by atoms with Crippen LogP contribution in [0.2, 0.25) is 0 Å². The quantitative estimate of drug-likeness (QED) is 0.663. The van der Waals surface area contributed by atoms with E-state index in [2.05, 4.69) is 40.6 Å². The first-order valence-corrected chi connectivity index (χ1v) is 10.3. The zero-order chi connectivity index (χ0) is 19.3. The topological polar surface area (TPSA) is 62.3 Å². The van der Waals surface area contributed by atoms with Crippen molar-refractivity contribution in [2.75, 3.05) is 9.62 Å². The molecule has 1 heterocycles. The van der Waals surface area contributed by atoms with Gasteiger partial charge in [-0.1, -0.05) is 48.5 Å². The van der Waals surface area contributed by atoms with E-state index in [1.54, 1.807) is 42.6 Å². The van der Waals surface area contributed by atoms with Gasteiger partial charge in [-0.3, -0.25) is 4.72 Å². The Morgan fingerprint density at radius 2 is 1.56 bits per heavy atom. The number of pyridine rings is 1. The second-order valence-electron chi connectivity index (χ2n) is 6.53. The van der Waals surface area contributed by atoms with Gasteiger partial charge in [-0.2, -0.15) is 0 Å². The number of benzene rings is 2. The van der Waals surface area contributed by atoms with Gasteiger partial charge < -0.3 is 4.90 Å². The van der Waals surface area contributed by atoms with Crippen LogP contribution in [0.5, 0.6) is 0 Å². The molecule has 27 heavy (non-hydrogen) atoms. The number of sulfonamides is 1. The monoisotopic (exact) mass is 381 g/mol. The summed E-state index contributed by atoms with van der Waals surface area (Å²) in [6.45, 7) is 5.00. The molecule has 0 aliphatic carbocycles. The zero-order valence-corrected chi connectivity index (χ0v) is 16.2. The third-order valence-corrected chi connectivity index (χ3v) is 5.56. The average molecular weight is 382 g/mol. The molecule has 0 aliphatic rings. The Kier molecular flexibility index (Phi) is 5.76. The van der Waals surface area contributed by atoms with Crippen LogP contribution in [-0.2, 0) is 16.6 Å². The van der Waals surface area contributed by atoms with Crippen molar-refractivity contribution < 1.29 is 8.42 Å². The Bertz CT molecular complexity index is 957. The summed E-state index contributed by atoms with van der Waals surface area (Å²) in [6.07, 6.45) is 1.70. The van der Waals surface area contributed by atoms with Gasteiger partial charge in [0.25, 0.3) is 10.0 Å². The van der Waals surface area contributed by atoms with Gasteiger partial charge in [0.05, 0.1) is 16.8 Å². The van der Waals surface area contributed by atoms with Gasteiger partial charge in [-0.15, -0.1) is 0 Å². The zero-order valence-electron chi connectivity index (χ0n) is 15.4. The van der Waals surface area contributed by atoms with E-state index in [-0.39, 0.29) is 10.9 Å². The highest BCUT2D eigenvalue weighted by Gasteiger charge is 2.15. The molecule has 5 nitrogen and oxygen atoms in total. The number of hydrogen-bond acceptors (Lipinski definition) is 4. The van der Waals surface area contributed by atoms with E-state index >= 15 is 0 Å². The molecule has 0 aliphatic heterocycles. The van der Waals surface area contributed by atoms with E-state index in [0.29, 0.717) is 5.82 Å². The Morgan fingerprint density at radius 1 is 0.926 bits per heavy atom. The van der Waals surface area contributed by atoms with Gasteiger partial charge in [-0.05, 0) is 43.7 Å². The van der Waals surface area contributed by atoms with Crippen LogP contribution in [0.1, 0.15) is 19.4 Å². The second-order valence-corrected chi connectivity index (χ2v) is 8.21. The molecule has 2 aromatic carbocycles. The Morgan fingerprint density at radius 3 is 2.11 bits per heavy atom. The van der Waals surface area contributed by atoms with Crippen LogP contribution in [0, 0.1) is 0 Å². The van der Waals surface area contributed by atoms with Crippen LogP contribution in [-0.4, -0.2) is 19.4 Å². The Hall–Kier alpha value is -2.86. The van der Waals surface area contributed by atoms with Crippen LogP contribution >= 0.6 is 0 Å². The smallest absolute Gasteiger partial charge is 0.263 e. The third kappa shape index (κ3) is 4.86. The van der Waals surface area contributed by atoms with Gasteiger partial charge in [0, 0.05) is 12.6 Å². The van der Waals surface area contributed by atoms with Crippen LogP contribution in [0.4, 0.5) is 11.5 Å². The number of aromatic nitrogens is 1. The van der Waals surface area contributed by atoms with Gasteiger partial charge in [0.2, 0.25) is 0 Å². The van der Waals surface area contributed by atoms with E-state index in [4.69, 9.17) is 0 Å². The van der Waals surface area contributed by atoms with Crippen molar-refractivity contribution in [3.05, 3.63) is 84.6 Å². The predicted molar refractivity (Wildman–Crippen MR) is 109 cm³/mol. The fourth-order valence-electron chi connectivity index (χ4n) is 2.76. The molecule has 1 N–H and O–H groups in total. The minimum absolute atomic E-state index is 0.212. The minimum Gasteiger partial charge on any atom is -0.364 e. The fraction of sp³-hybridized carbons (Fsp3) is 0.190. The molecule has 0 saturated heterocycles. The number of rotatable bonds is 7. The Balaban J connectivity index is 1.77. The molecular weight excluding hydrogens is 358 g/mol. The van der Waals surface area contributed by atoms with E-state index in [1.807, 2.05) is 24.3 Å². The summed E-state index contributed by atoms with van der Waals surface area (Å²) in [5.74, 6) is 0.297. The van der Waals surface area contributed by atoms with E-state index in [0.717, 1.165) is 12.2 Å². The SMILES string of the molecule is CC(C)N(Cc1ccccc1)c1ccc(NS(=O)(=O)c2ccccc2)nc1. The number of hydrogen-bond donors (Lipinski definition) is 1. The first kappa shape index (κ1) is 18.9. The molecular formula is C21H23N3O2S. The molecule has 6 heteroatoms. The van der Waals surface area contributed by atoms with Crippen molar-refractivity contribution in [2.24, 2.45) is 0 Å².